The molecule has 3 aliphatic carbocycles. The van der Waals surface area contributed by atoms with E-state index >= 15 is 0 Å². The van der Waals surface area contributed by atoms with E-state index in [2.05, 4.69) is 5.32 Å². The lowest BCUT2D eigenvalue weighted by Gasteiger charge is -2.42. The van der Waals surface area contributed by atoms with E-state index in [1.54, 1.807) is 0 Å². The number of alkyl halides is 4. The number of fused-ring (bicyclic) bond motifs is 3. The molecule has 0 saturated heterocycles. The normalized spacial score (nSPS) is 29.2. The second kappa shape index (κ2) is 10.6. The van der Waals surface area contributed by atoms with Crippen LogP contribution >= 0.6 is 0 Å². The second-order valence-electron chi connectivity index (χ2n) is 11.9. The summed E-state index contributed by atoms with van der Waals surface area (Å²) in [5, 5.41) is 12.3. The van der Waals surface area contributed by atoms with E-state index in [4.69, 9.17) is 0 Å². The highest BCUT2D eigenvalue weighted by molar-refractivity contribution is 7.92. The smallest absolute Gasteiger partial charge is 0.426 e. The van der Waals surface area contributed by atoms with Gasteiger partial charge >= 0.3 is 12.1 Å². The van der Waals surface area contributed by atoms with E-state index in [9.17, 15) is 45.1 Å². The number of sulfone groups is 1. The number of benzene rings is 2. The molecule has 1 amide bonds. The molecule has 228 valence electrons. The van der Waals surface area contributed by atoms with Crippen molar-refractivity contribution in [3.05, 3.63) is 65.0 Å². The Morgan fingerprint density at radius 2 is 1.60 bits per heavy atom. The fourth-order valence-electron chi connectivity index (χ4n) is 7.24. The summed E-state index contributed by atoms with van der Waals surface area (Å²) in [5.41, 5.74) is -3.77. The van der Waals surface area contributed by atoms with E-state index < -0.39 is 61.5 Å². The van der Waals surface area contributed by atoms with Gasteiger partial charge in [-0.15, -0.1) is 0 Å². The van der Waals surface area contributed by atoms with Gasteiger partial charge in [-0.3, -0.25) is 9.59 Å². The molecule has 4 atom stereocenters. The first-order valence-electron chi connectivity index (χ1n) is 14.0. The number of rotatable bonds is 6. The summed E-state index contributed by atoms with van der Waals surface area (Å²) < 4.78 is 96.2. The Hall–Kier alpha value is -3.02. The highest BCUT2D eigenvalue weighted by Gasteiger charge is 2.62. The predicted molar refractivity (Wildman–Crippen MR) is 142 cm³/mol. The number of carbonyl (C=O) groups is 2. The van der Waals surface area contributed by atoms with Crippen molar-refractivity contribution in [2.24, 2.45) is 17.8 Å². The maximum atomic E-state index is 14.9. The van der Waals surface area contributed by atoms with Gasteiger partial charge in [0.2, 0.25) is 11.6 Å². The minimum Gasteiger partial charge on any atom is -0.481 e. The van der Waals surface area contributed by atoms with Gasteiger partial charge in [-0.1, -0.05) is 18.2 Å². The van der Waals surface area contributed by atoms with Crippen LogP contribution in [0.2, 0.25) is 0 Å². The standard InChI is InChI=1S/C30H32F5NO5S/c1-28(32,30(33,34)35)19-5-13-24-18(16-19)4-12-25-23(26(37)36-21-8-2-17(3-9-21)27(38)39)14-15-29(24,25)42(40,41)22-10-6-20(31)7-11-22/h5-7,10-11,13,16-17,21,23,25H,2-4,8-9,12,14-15H2,1H3,(H,36,37)(H,38,39)/t17-,21-,23-,25+,28?,29-/m1/s1. The van der Waals surface area contributed by atoms with Gasteiger partial charge in [-0.05, 0) is 105 Å². The molecular weight excluding hydrogens is 581 g/mol. The van der Waals surface area contributed by atoms with Crippen molar-refractivity contribution in [3.63, 3.8) is 0 Å². The van der Waals surface area contributed by atoms with Crippen molar-refractivity contribution in [1.82, 2.24) is 5.32 Å². The van der Waals surface area contributed by atoms with Crippen molar-refractivity contribution >= 4 is 21.7 Å². The number of aryl methyl sites for hydroxylation is 1. The molecular formula is C30H32F5NO5S. The molecule has 5 rings (SSSR count). The van der Waals surface area contributed by atoms with Crippen LogP contribution in [0.15, 0.2) is 47.4 Å². The van der Waals surface area contributed by atoms with Gasteiger partial charge in [0.25, 0.3) is 0 Å². The maximum Gasteiger partial charge on any atom is 0.426 e. The van der Waals surface area contributed by atoms with Gasteiger partial charge in [0.15, 0.2) is 9.84 Å². The van der Waals surface area contributed by atoms with E-state index in [1.165, 1.54) is 6.07 Å². The molecule has 0 aromatic heterocycles. The quantitative estimate of drug-likeness (QED) is 0.309. The Labute approximate surface area is 240 Å². The molecule has 2 aromatic carbocycles. The molecule has 0 aliphatic heterocycles. The van der Waals surface area contributed by atoms with Crippen molar-refractivity contribution in [2.45, 2.75) is 85.8 Å². The minimum atomic E-state index is -5.18. The number of hydrogen-bond acceptors (Lipinski definition) is 4. The zero-order valence-electron chi connectivity index (χ0n) is 22.9. The fourth-order valence-corrected chi connectivity index (χ4v) is 9.71. The lowest BCUT2D eigenvalue weighted by atomic mass is 9.72. The van der Waals surface area contributed by atoms with E-state index in [0.29, 0.717) is 32.6 Å². The fraction of sp³-hybridized carbons (Fsp3) is 0.533. The van der Waals surface area contributed by atoms with Gasteiger partial charge in [-0.25, -0.2) is 17.2 Å². The van der Waals surface area contributed by atoms with Crippen molar-refractivity contribution in [1.29, 1.82) is 0 Å². The molecule has 2 aromatic rings. The van der Waals surface area contributed by atoms with E-state index in [0.717, 1.165) is 36.4 Å². The highest BCUT2D eigenvalue weighted by Crippen LogP contribution is 2.59. The van der Waals surface area contributed by atoms with Crippen LogP contribution in [0.4, 0.5) is 22.0 Å². The molecule has 2 fully saturated rings. The van der Waals surface area contributed by atoms with E-state index in [1.807, 2.05) is 0 Å². The monoisotopic (exact) mass is 613 g/mol. The molecule has 2 N–H and O–H groups in total. The molecule has 1 unspecified atom stereocenters. The highest BCUT2D eigenvalue weighted by atomic mass is 32.2. The number of aliphatic carboxylic acids is 1. The average molecular weight is 614 g/mol. The number of hydrogen-bond donors (Lipinski definition) is 2. The van der Waals surface area contributed by atoms with Crippen LogP contribution in [0.25, 0.3) is 0 Å². The Kier molecular flexibility index (Phi) is 7.69. The maximum absolute atomic E-state index is 14.9. The number of halogens is 5. The molecule has 0 radical (unpaired) electrons. The van der Waals surface area contributed by atoms with Gasteiger partial charge in [0, 0.05) is 12.0 Å². The lowest BCUT2D eigenvalue weighted by molar-refractivity contribution is -0.228. The summed E-state index contributed by atoms with van der Waals surface area (Å²) in [6.07, 6.45) is -2.90. The van der Waals surface area contributed by atoms with Gasteiger partial charge in [0.05, 0.1) is 10.8 Å². The van der Waals surface area contributed by atoms with E-state index in [-0.39, 0.29) is 53.7 Å². The van der Waals surface area contributed by atoms with Crippen molar-refractivity contribution in [2.75, 3.05) is 0 Å². The Balaban J connectivity index is 1.53. The summed E-state index contributed by atoms with van der Waals surface area (Å²) in [6, 6.07) is 7.33. The zero-order valence-corrected chi connectivity index (χ0v) is 23.7. The van der Waals surface area contributed by atoms with Gasteiger partial charge in [0.1, 0.15) is 10.6 Å². The first kappa shape index (κ1) is 30.4. The summed E-state index contributed by atoms with van der Waals surface area (Å²) in [5.74, 6) is -3.80. The van der Waals surface area contributed by atoms with Gasteiger partial charge < -0.3 is 10.4 Å². The number of amides is 1. The largest absolute Gasteiger partial charge is 0.481 e. The first-order valence-corrected chi connectivity index (χ1v) is 15.5. The number of carboxylic acid groups (broad SMARTS) is 1. The summed E-state index contributed by atoms with van der Waals surface area (Å²) in [6.45, 7) is 0.422. The molecule has 6 nitrogen and oxygen atoms in total. The number of carbonyl (C=O) groups excluding carboxylic acids is 1. The predicted octanol–water partition coefficient (Wildman–Crippen LogP) is 5.97. The summed E-state index contributed by atoms with van der Waals surface area (Å²) in [7, 11) is -4.31. The first-order chi connectivity index (χ1) is 19.6. The lowest BCUT2D eigenvalue weighted by Crippen LogP contribution is -2.48. The Morgan fingerprint density at radius 3 is 2.19 bits per heavy atom. The van der Waals surface area contributed by atoms with Crippen molar-refractivity contribution in [3.8, 4) is 0 Å². The molecule has 12 heteroatoms. The Morgan fingerprint density at radius 1 is 0.952 bits per heavy atom. The summed E-state index contributed by atoms with van der Waals surface area (Å²) >= 11 is 0. The third kappa shape index (κ3) is 4.89. The Bertz CT molecular complexity index is 1480. The van der Waals surface area contributed by atoms with Crippen LogP contribution < -0.4 is 5.32 Å². The number of carboxylic acids is 1. The van der Waals surface area contributed by atoms with Crippen LogP contribution in [0.3, 0.4) is 0 Å². The van der Waals surface area contributed by atoms with Crippen LogP contribution in [-0.2, 0) is 36.3 Å². The minimum absolute atomic E-state index is 0.000269. The number of nitrogens with one attached hydrogen (secondary N) is 1. The molecule has 0 bridgehead atoms. The van der Waals surface area contributed by atoms with Crippen LogP contribution in [-0.4, -0.2) is 37.6 Å². The molecule has 2 saturated carbocycles. The summed E-state index contributed by atoms with van der Waals surface area (Å²) in [4.78, 5) is 24.7. The molecule has 42 heavy (non-hydrogen) atoms. The topological polar surface area (TPSA) is 101 Å². The van der Waals surface area contributed by atoms with Crippen LogP contribution in [0.1, 0.15) is 68.6 Å². The SMILES string of the molecule is CC(F)(c1ccc2c(c1)CC[C@H]1[C@H](C(=O)N[C@H]3CC[C@H](C(=O)O)CC3)CC[C@@]21S(=O)(=O)c1ccc(F)cc1)C(F)(F)F. The van der Waals surface area contributed by atoms with Gasteiger partial charge in [-0.2, -0.15) is 13.2 Å². The molecule has 0 heterocycles. The molecule has 3 aliphatic rings. The third-order valence-electron chi connectivity index (χ3n) is 9.63. The van der Waals surface area contributed by atoms with Crippen LogP contribution in [0, 0.1) is 23.6 Å². The molecule has 0 spiro atoms. The van der Waals surface area contributed by atoms with Crippen molar-refractivity contribution < 1.29 is 45.1 Å². The third-order valence-corrected chi connectivity index (χ3v) is 12.2. The zero-order chi connectivity index (χ0) is 30.7. The second-order valence-corrected chi connectivity index (χ2v) is 14.1. The average Bonchev–Trinajstić information content (AvgIpc) is 3.34. The van der Waals surface area contributed by atoms with Crippen LogP contribution in [0.5, 0.6) is 0 Å².